The lowest BCUT2D eigenvalue weighted by atomic mass is 10.2. The van der Waals surface area contributed by atoms with Crippen molar-refractivity contribution in [2.75, 3.05) is 0 Å². The van der Waals surface area contributed by atoms with Gasteiger partial charge in [-0.2, -0.15) is 0 Å². The van der Waals surface area contributed by atoms with Crippen LogP contribution >= 0.6 is 11.8 Å². The fourth-order valence-corrected chi connectivity index (χ4v) is 3.47. The predicted octanol–water partition coefficient (Wildman–Crippen LogP) is 5.67. The summed E-state index contributed by atoms with van der Waals surface area (Å²) in [5.41, 5.74) is 4.02. The van der Waals surface area contributed by atoms with Gasteiger partial charge in [0.15, 0.2) is 5.82 Å². The number of benzene rings is 3. The van der Waals surface area contributed by atoms with E-state index in [1.165, 1.54) is 5.56 Å². The Balaban J connectivity index is 1.80. The molecule has 0 aliphatic heterocycles. The van der Waals surface area contributed by atoms with E-state index in [-0.39, 0.29) is 0 Å². The summed E-state index contributed by atoms with van der Waals surface area (Å²) in [6.45, 7) is 2.09. The van der Waals surface area contributed by atoms with Crippen LogP contribution in [0.5, 0.6) is 0 Å². The maximum absolute atomic E-state index is 4.83. The SMILES string of the molecule is Cc1ccc(Sc2nc(-c3ccccc3)nnc2-c2ccccc2)cc1. The zero-order valence-electron chi connectivity index (χ0n) is 14.3. The fourth-order valence-electron chi connectivity index (χ4n) is 2.59. The first-order chi connectivity index (χ1) is 12.8. The third-order valence-corrected chi connectivity index (χ3v) is 4.96. The molecule has 0 atom stereocenters. The van der Waals surface area contributed by atoms with E-state index in [4.69, 9.17) is 4.98 Å². The van der Waals surface area contributed by atoms with E-state index in [1.54, 1.807) is 11.8 Å². The summed E-state index contributed by atoms with van der Waals surface area (Å²) >= 11 is 1.61. The van der Waals surface area contributed by atoms with Gasteiger partial charge in [0.25, 0.3) is 0 Å². The summed E-state index contributed by atoms with van der Waals surface area (Å²) in [6, 6.07) is 28.5. The van der Waals surface area contributed by atoms with Gasteiger partial charge >= 0.3 is 0 Å². The monoisotopic (exact) mass is 355 g/mol. The van der Waals surface area contributed by atoms with Gasteiger partial charge in [-0.05, 0) is 19.1 Å². The van der Waals surface area contributed by atoms with Gasteiger partial charge in [0.2, 0.25) is 0 Å². The number of nitrogens with zero attached hydrogens (tertiary/aromatic N) is 3. The van der Waals surface area contributed by atoms with E-state index in [9.17, 15) is 0 Å². The zero-order chi connectivity index (χ0) is 17.8. The molecule has 0 aliphatic rings. The van der Waals surface area contributed by atoms with Crippen molar-refractivity contribution in [2.24, 2.45) is 0 Å². The molecule has 4 rings (SSSR count). The lowest BCUT2D eigenvalue weighted by Gasteiger charge is -2.09. The molecule has 0 saturated heterocycles. The smallest absolute Gasteiger partial charge is 0.182 e. The van der Waals surface area contributed by atoms with Gasteiger partial charge in [0.05, 0.1) is 0 Å². The Hall–Kier alpha value is -2.98. The first kappa shape index (κ1) is 16.5. The first-order valence-electron chi connectivity index (χ1n) is 8.40. The molecule has 0 N–H and O–H groups in total. The Kier molecular flexibility index (Phi) is 4.75. The highest BCUT2D eigenvalue weighted by atomic mass is 32.2. The van der Waals surface area contributed by atoms with Crippen LogP contribution in [-0.2, 0) is 0 Å². The molecule has 0 amide bonds. The minimum atomic E-state index is 0.639. The minimum absolute atomic E-state index is 0.639. The van der Waals surface area contributed by atoms with Gasteiger partial charge in [0, 0.05) is 16.0 Å². The van der Waals surface area contributed by atoms with E-state index in [0.29, 0.717) is 5.82 Å². The quantitative estimate of drug-likeness (QED) is 0.473. The topological polar surface area (TPSA) is 38.7 Å². The number of aryl methyl sites for hydroxylation is 1. The van der Waals surface area contributed by atoms with Gasteiger partial charge in [-0.15, -0.1) is 10.2 Å². The predicted molar refractivity (Wildman–Crippen MR) is 106 cm³/mol. The number of aromatic nitrogens is 3. The highest BCUT2D eigenvalue weighted by Crippen LogP contribution is 2.34. The molecule has 3 nitrogen and oxygen atoms in total. The van der Waals surface area contributed by atoms with Gasteiger partial charge in [-0.3, -0.25) is 0 Å². The van der Waals surface area contributed by atoms with E-state index < -0.39 is 0 Å². The highest BCUT2D eigenvalue weighted by Gasteiger charge is 2.14. The average molecular weight is 355 g/mol. The second kappa shape index (κ2) is 7.50. The molecule has 3 aromatic carbocycles. The Morgan fingerprint density at radius 2 is 1.27 bits per heavy atom. The summed E-state index contributed by atoms with van der Waals surface area (Å²) in [6.07, 6.45) is 0. The second-order valence-electron chi connectivity index (χ2n) is 5.94. The molecule has 1 heterocycles. The van der Waals surface area contributed by atoms with E-state index in [2.05, 4.69) is 41.4 Å². The molecule has 4 aromatic rings. The van der Waals surface area contributed by atoms with Crippen molar-refractivity contribution in [2.45, 2.75) is 16.8 Å². The minimum Gasteiger partial charge on any atom is -0.217 e. The standard InChI is InChI=1S/C22H17N3S/c1-16-12-14-19(15-13-16)26-22-20(17-8-4-2-5-9-17)24-25-21(23-22)18-10-6-3-7-11-18/h2-15H,1H3. The normalized spacial score (nSPS) is 10.7. The van der Waals surface area contributed by atoms with Crippen molar-refractivity contribution < 1.29 is 0 Å². The van der Waals surface area contributed by atoms with E-state index in [1.807, 2.05) is 60.7 Å². The summed E-state index contributed by atoms with van der Waals surface area (Å²) < 4.78 is 0. The number of hydrogen-bond donors (Lipinski definition) is 0. The van der Waals surface area contributed by atoms with Gasteiger partial charge in [-0.25, -0.2) is 4.98 Å². The molecule has 0 bridgehead atoms. The lowest BCUT2D eigenvalue weighted by Crippen LogP contribution is -1.99. The molecule has 0 radical (unpaired) electrons. The van der Waals surface area contributed by atoms with E-state index in [0.717, 1.165) is 26.7 Å². The highest BCUT2D eigenvalue weighted by molar-refractivity contribution is 7.99. The maximum Gasteiger partial charge on any atom is 0.182 e. The zero-order valence-corrected chi connectivity index (χ0v) is 15.1. The van der Waals surface area contributed by atoms with Crippen LogP contribution in [0.3, 0.4) is 0 Å². The summed E-state index contributed by atoms with van der Waals surface area (Å²) in [5, 5.41) is 9.73. The molecule has 0 spiro atoms. The Morgan fingerprint density at radius 3 is 1.92 bits per heavy atom. The molecule has 0 unspecified atom stereocenters. The lowest BCUT2D eigenvalue weighted by molar-refractivity contribution is 0.924. The third-order valence-electron chi connectivity index (χ3n) is 3.97. The Labute approximate surface area is 157 Å². The van der Waals surface area contributed by atoms with Crippen LogP contribution in [0, 0.1) is 6.92 Å². The van der Waals surface area contributed by atoms with Crippen LogP contribution in [0.1, 0.15) is 5.56 Å². The van der Waals surface area contributed by atoms with Crippen LogP contribution in [0.4, 0.5) is 0 Å². The molecular formula is C22H17N3S. The fraction of sp³-hybridized carbons (Fsp3) is 0.0455. The van der Waals surface area contributed by atoms with Crippen molar-refractivity contribution in [3.8, 4) is 22.6 Å². The third kappa shape index (κ3) is 3.65. The molecular weight excluding hydrogens is 338 g/mol. The van der Waals surface area contributed by atoms with Crippen molar-refractivity contribution in [1.29, 1.82) is 0 Å². The van der Waals surface area contributed by atoms with Gasteiger partial charge in [-0.1, -0.05) is 90.1 Å². The molecule has 26 heavy (non-hydrogen) atoms. The van der Waals surface area contributed by atoms with Crippen molar-refractivity contribution in [1.82, 2.24) is 15.2 Å². The summed E-state index contributed by atoms with van der Waals surface area (Å²) in [4.78, 5) is 5.96. The average Bonchev–Trinajstić information content (AvgIpc) is 2.71. The van der Waals surface area contributed by atoms with Crippen molar-refractivity contribution in [3.63, 3.8) is 0 Å². The van der Waals surface area contributed by atoms with Crippen molar-refractivity contribution >= 4 is 11.8 Å². The Bertz CT molecular complexity index is 1000. The Morgan fingerprint density at radius 1 is 0.654 bits per heavy atom. The maximum atomic E-state index is 4.83. The molecule has 4 heteroatoms. The van der Waals surface area contributed by atoms with Gasteiger partial charge in [0.1, 0.15) is 10.7 Å². The number of hydrogen-bond acceptors (Lipinski definition) is 4. The first-order valence-corrected chi connectivity index (χ1v) is 9.21. The summed E-state index contributed by atoms with van der Waals surface area (Å²) in [7, 11) is 0. The van der Waals surface area contributed by atoms with Gasteiger partial charge < -0.3 is 0 Å². The van der Waals surface area contributed by atoms with Crippen LogP contribution in [0.25, 0.3) is 22.6 Å². The van der Waals surface area contributed by atoms with Crippen LogP contribution in [0.2, 0.25) is 0 Å². The molecule has 0 fully saturated rings. The van der Waals surface area contributed by atoms with Crippen LogP contribution in [-0.4, -0.2) is 15.2 Å². The number of rotatable bonds is 4. The second-order valence-corrected chi connectivity index (χ2v) is 7.00. The van der Waals surface area contributed by atoms with Crippen molar-refractivity contribution in [3.05, 3.63) is 90.5 Å². The summed E-state index contributed by atoms with van der Waals surface area (Å²) in [5.74, 6) is 0.639. The largest absolute Gasteiger partial charge is 0.217 e. The molecule has 0 saturated carbocycles. The van der Waals surface area contributed by atoms with E-state index >= 15 is 0 Å². The molecule has 1 aromatic heterocycles. The molecule has 126 valence electrons. The molecule has 0 aliphatic carbocycles. The van der Waals surface area contributed by atoms with Crippen LogP contribution < -0.4 is 0 Å². The van der Waals surface area contributed by atoms with Crippen LogP contribution in [0.15, 0.2) is 94.9 Å².